The predicted octanol–water partition coefficient (Wildman–Crippen LogP) is 19.1. The highest BCUT2D eigenvalue weighted by molar-refractivity contribution is 6.23. The Hall–Kier alpha value is -8.78. The lowest BCUT2D eigenvalue weighted by molar-refractivity contribution is 1.28. The van der Waals surface area contributed by atoms with Crippen molar-refractivity contribution in [3.05, 3.63) is 260 Å². The van der Waals surface area contributed by atoms with Gasteiger partial charge in [0.05, 0.1) is 0 Å². The molecule has 0 unspecified atom stereocenters. The first-order valence-corrected chi connectivity index (χ1v) is 23.6. The molecule has 1 nitrogen and oxygen atoms in total. The highest BCUT2D eigenvalue weighted by Crippen LogP contribution is 2.49. The lowest BCUT2D eigenvalue weighted by Gasteiger charge is -2.27. The summed E-state index contributed by atoms with van der Waals surface area (Å²) in [6, 6.07) is 94.6. The van der Waals surface area contributed by atoms with Gasteiger partial charge in [-0.2, -0.15) is 0 Å². The number of nitrogens with zero attached hydrogens (tertiary/aromatic N) is 1. The number of fused-ring (bicyclic) bond motifs is 7. The largest absolute Gasteiger partial charge is 0.310 e. The lowest BCUT2D eigenvalue weighted by Crippen LogP contribution is -2.10. The summed E-state index contributed by atoms with van der Waals surface area (Å²) in [6.45, 7) is 2.16. The summed E-state index contributed by atoms with van der Waals surface area (Å²) >= 11 is 0. The third kappa shape index (κ3) is 6.87. The molecule has 0 fully saturated rings. The second kappa shape index (κ2) is 16.3. The van der Waals surface area contributed by atoms with Gasteiger partial charge >= 0.3 is 0 Å². The summed E-state index contributed by atoms with van der Waals surface area (Å²) in [5.74, 6) is 0. The van der Waals surface area contributed by atoms with Crippen LogP contribution in [0.2, 0.25) is 0 Å². The van der Waals surface area contributed by atoms with Crippen LogP contribution in [-0.4, -0.2) is 0 Å². The third-order valence-electron chi connectivity index (χ3n) is 14.0. The molecule has 0 aliphatic carbocycles. The van der Waals surface area contributed by atoms with Gasteiger partial charge in [0, 0.05) is 17.1 Å². The molecule has 13 rings (SSSR count). The zero-order valence-corrected chi connectivity index (χ0v) is 37.7. The summed E-state index contributed by atoms with van der Waals surface area (Å²) < 4.78 is 0. The average Bonchev–Trinajstić information content (AvgIpc) is 3.40. The fourth-order valence-electron chi connectivity index (χ4n) is 10.6. The zero-order chi connectivity index (χ0) is 45.1. The molecule has 1 heteroatoms. The van der Waals surface area contributed by atoms with Crippen LogP contribution in [-0.2, 0) is 0 Å². The average molecular weight is 864 g/mol. The molecule has 68 heavy (non-hydrogen) atoms. The summed E-state index contributed by atoms with van der Waals surface area (Å²) in [5, 5.41) is 14.6. The number of rotatable bonds is 7. The molecule has 0 aliphatic rings. The minimum Gasteiger partial charge on any atom is -0.310 e. The topological polar surface area (TPSA) is 3.24 Å². The van der Waals surface area contributed by atoms with E-state index in [2.05, 4.69) is 267 Å². The van der Waals surface area contributed by atoms with E-state index in [4.69, 9.17) is 0 Å². The van der Waals surface area contributed by atoms with E-state index < -0.39 is 0 Å². The van der Waals surface area contributed by atoms with Gasteiger partial charge in [0.2, 0.25) is 0 Å². The Labute approximate surface area is 396 Å². The third-order valence-corrected chi connectivity index (χ3v) is 14.0. The first kappa shape index (κ1) is 39.6. The van der Waals surface area contributed by atoms with E-state index in [1.54, 1.807) is 0 Å². The Morgan fingerprint density at radius 1 is 0.235 bits per heavy atom. The van der Waals surface area contributed by atoms with Crippen LogP contribution in [0.25, 0.3) is 109 Å². The Bertz CT molecular complexity index is 4090. The Morgan fingerprint density at radius 3 is 1.21 bits per heavy atom. The van der Waals surface area contributed by atoms with Gasteiger partial charge in [-0.3, -0.25) is 0 Å². The molecule has 0 atom stereocenters. The molecule has 13 aromatic carbocycles. The van der Waals surface area contributed by atoms with E-state index in [-0.39, 0.29) is 0 Å². The van der Waals surface area contributed by atoms with Gasteiger partial charge in [-0.05, 0) is 183 Å². The number of hydrogen-bond acceptors (Lipinski definition) is 1. The molecule has 0 aromatic heterocycles. The monoisotopic (exact) mass is 863 g/mol. The van der Waals surface area contributed by atoms with E-state index in [0.717, 1.165) is 17.1 Å². The summed E-state index contributed by atoms with van der Waals surface area (Å²) in [4.78, 5) is 2.42. The molecule has 13 aromatic rings. The van der Waals surface area contributed by atoms with E-state index >= 15 is 0 Å². The first-order chi connectivity index (χ1) is 33.6. The van der Waals surface area contributed by atoms with Gasteiger partial charge < -0.3 is 4.90 Å². The fraction of sp³-hybridized carbons (Fsp3) is 0.0149. The van der Waals surface area contributed by atoms with Crippen molar-refractivity contribution in [2.45, 2.75) is 6.92 Å². The van der Waals surface area contributed by atoms with E-state index in [1.165, 1.54) is 115 Å². The van der Waals surface area contributed by atoms with Crippen molar-refractivity contribution < 1.29 is 0 Å². The standard InChI is InChI=1S/C67H45N/c1-44-23-31-57(32-24-44)68(58-33-29-47-15-7-10-20-51(47)39-58)59-34-36-61-60-35-30-54(63-41-53-22-12-11-21-52(53)40-62(63)48-16-3-2-4-17-48)42-64(60)66(55-27-25-45-13-5-8-18-49(45)37-55)67(65(61)43-59)56-28-26-46-14-6-9-19-50(46)38-56/h2-43H,1H3. The second-order valence-corrected chi connectivity index (χ2v) is 18.2. The molecule has 318 valence electrons. The summed E-state index contributed by atoms with van der Waals surface area (Å²) in [7, 11) is 0. The van der Waals surface area contributed by atoms with Crippen LogP contribution in [0.15, 0.2) is 255 Å². The molecule has 0 saturated carbocycles. The van der Waals surface area contributed by atoms with Crippen LogP contribution in [0, 0.1) is 6.92 Å². The van der Waals surface area contributed by atoms with Crippen LogP contribution < -0.4 is 4.90 Å². The van der Waals surface area contributed by atoms with Crippen molar-refractivity contribution in [1.29, 1.82) is 0 Å². The van der Waals surface area contributed by atoms with Crippen molar-refractivity contribution in [2.75, 3.05) is 4.90 Å². The highest BCUT2D eigenvalue weighted by Gasteiger charge is 2.23. The van der Waals surface area contributed by atoms with Crippen molar-refractivity contribution >= 4 is 81.7 Å². The molecule has 0 radical (unpaired) electrons. The molecule has 0 N–H and O–H groups in total. The molecule has 0 bridgehead atoms. The molecule has 0 aliphatic heterocycles. The molecule has 0 heterocycles. The van der Waals surface area contributed by atoms with Gasteiger partial charge in [0.25, 0.3) is 0 Å². The van der Waals surface area contributed by atoms with Crippen LogP contribution in [0.1, 0.15) is 5.56 Å². The van der Waals surface area contributed by atoms with Gasteiger partial charge in [-0.25, -0.2) is 0 Å². The quantitative estimate of drug-likeness (QED) is 0.144. The maximum absolute atomic E-state index is 2.47. The molecular formula is C67H45N. The Morgan fingerprint density at radius 2 is 0.632 bits per heavy atom. The van der Waals surface area contributed by atoms with E-state index in [9.17, 15) is 0 Å². The van der Waals surface area contributed by atoms with Crippen LogP contribution in [0.5, 0.6) is 0 Å². The van der Waals surface area contributed by atoms with Gasteiger partial charge in [-0.15, -0.1) is 0 Å². The highest BCUT2D eigenvalue weighted by atomic mass is 15.1. The SMILES string of the molecule is Cc1ccc(N(c2ccc3ccccc3c2)c2ccc3c(c2)c(-c2ccc4ccccc4c2)c(-c2ccc4ccccc4c2)c2cc(-c4cc5ccccc5cc4-c4ccccc4)ccc23)cc1. The minimum atomic E-state index is 1.10. The van der Waals surface area contributed by atoms with Crippen molar-refractivity contribution in [1.82, 2.24) is 0 Å². The Kier molecular flexibility index (Phi) is 9.47. The predicted molar refractivity (Wildman–Crippen MR) is 293 cm³/mol. The number of hydrogen-bond donors (Lipinski definition) is 0. The number of anilines is 3. The maximum Gasteiger partial charge on any atom is 0.0468 e. The van der Waals surface area contributed by atoms with E-state index in [1.807, 2.05) is 0 Å². The van der Waals surface area contributed by atoms with E-state index in [0.29, 0.717) is 0 Å². The minimum absolute atomic E-state index is 1.10. The van der Waals surface area contributed by atoms with Crippen LogP contribution in [0.4, 0.5) is 17.1 Å². The van der Waals surface area contributed by atoms with Gasteiger partial charge in [0.15, 0.2) is 0 Å². The second-order valence-electron chi connectivity index (χ2n) is 18.2. The fourth-order valence-corrected chi connectivity index (χ4v) is 10.6. The van der Waals surface area contributed by atoms with Crippen molar-refractivity contribution in [3.63, 3.8) is 0 Å². The van der Waals surface area contributed by atoms with Crippen LogP contribution >= 0.6 is 0 Å². The normalized spacial score (nSPS) is 11.6. The maximum atomic E-state index is 2.47. The first-order valence-electron chi connectivity index (χ1n) is 23.6. The number of aryl methyl sites for hydroxylation is 1. The lowest BCUT2D eigenvalue weighted by atomic mass is 9.82. The number of benzene rings is 13. The molecule has 0 amide bonds. The van der Waals surface area contributed by atoms with Crippen molar-refractivity contribution in [3.8, 4) is 44.5 Å². The van der Waals surface area contributed by atoms with Gasteiger partial charge in [0.1, 0.15) is 0 Å². The summed E-state index contributed by atoms with van der Waals surface area (Å²) in [5.41, 5.74) is 14.2. The smallest absolute Gasteiger partial charge is 0.0468 e. The van der Waals surface area contributed by atoms with Gasteiger partial charge in [-0.1, -0.05) is 194 Å². The van der Waals surface area contributed by atoms with Crippen LogP contribution in [0.3, 0.4) is 0 Å². The molecule has 0 saturated heterocycles. The molecular weight excluding hydrogens is 819 g/mol. The molecule has 0 spiro atoms. The summed E-state index contributed by atoms with van der Waals surface area (Å²) in [6.07, 6.45) is 0. The zero-order valence-electron chi connectivity index (χ0n) is 37.7. The van der Waals surface area contributed by atoms with Crippen molar-refractivity contribution in [2.24, 2.45) is 0 Å². The Balaban J connectivity index is 1.15.